The van der Waals surface area contributed by atoms with Gasteiger partial charge in [0, 0.05) is 6.42 Å². The first-order valence-corrected chi connectivity index (χ1v) is 4.72. The minimum Gasteiger partial charge on any atom is -0.299 e. The van der Waals surface area contributed by atoms with Crippen molar-refractivity contribution in [1.82, 2.24) is 0 Å². The molecule has 1 nitrogen and oxygen atoms in total. The van der Waals surface area contributed by atoms with Gasteiger partial charge in [-0.05, 0) is 31.6 Å². The van der Waals surface area contributed by atoms with Crippen LogP contribution in [0.25, 0.3) is 0 Å². The largest absolute Gasteiger partial charge is 0.299 e. The summed E-state index contributed by atoms with van der Waals surface area (Å²) >= 11 is 0. The van der Waals surface area contributed by atoms with Crippen LogP contribution >= 0.6 is 0 Å². The summed E-state index contributed by atoms with van der Waals surface area (Å²) in [6, 6.07) is 0. The second-order valence-electron chi connectivity index (χ2n) is 4.71. The lowest BCUT2D eigenvalue weighted by atomic mass is 9.69. The lowest BCUT2D eigenvalue weighted by molar-refractivity contribution is -0.125. The van der Waals surface area contributed by atoms with E-state index in [2.05, 4.69) is 20.4 Å². The van der Waals surface area contributed by atoms with E-state index in [1.807, 2.05) is 0 Å². The Morgan fingerprint density at radius 2 is 1.83 bits per heavy atom. The van der Waals surface area contributed by atoms with Crippen molar-refractivity contribution < 1.29 is 4.79 Å². The third kappa shape index (κ3) is 0.634. The Hall–Kier alpha value is -0.590. The minimum atomic E-state index is -0.174. The van der Waals surface area contributed by atoms with E-state index in [1.54, 1.807) is 0 Å². The van der Waals surface area contributed by atoms with Crippen molar-refractivity contribution >= 4 is 5.78 Å². The number of hydrogen-bond donors (Lipinski definition) is 0. The summed E-state index contributed by atoms with van der Waals surface area (Å²) in [6.45, 7) is 8.38. The summed E-state index contributed by atoms with van der Waals surface area (Å²) in [7, 11) is 0. The van der Waals surface area contributed by atoms with Crippen LogP contribution in [0.4, 0.5) is 0 Å². The van der Waals surface area contributed by atoms with Crippen LogP contribution in [0.1, 0.15) is 39.5 Å². The van der Waals surface area contributed by atoms with Crippen LogP contribution in [0.15, 0.2) is 12.2 Å². The molecule has 2 aliphatic rings. The SMILES string of the molecule is C=C1CCC2(C)CCC(=O)C12C. The van der Waals surface area contributed by atoms with Gasteiger partial charge in [0.15, 0.2) is 0 Å². The Kier molecular flexibility index (Phi) is 1.35. The van der Waals surface area contributed by atoms with Gasteiger partial charge >= 0.3 is 0 Å². The van der Waals surface area contributed by atoms with Crippen molar-refractivity contribution in [3.8, 4) is 0 Å². The van der Waals surface area contributed by atoms with Crippen LogP contribution in [0.3, 0.4) is 0 Å². The van der Waals surface area contributed by atoms with E-state index in [0.717, 1.165) is 25.7 Å². The highest BCUT2D eigenvalue weighted by molar-refractivity contribution is 5.91. The number of carbonyl (C=O) groups excluding carboxylic acids is 1. The van der Waals surface area contributed by atoms with Gasteiger partial charge in [0.05, 0.1) is 5.41 Å². The van der Waals surface area contributed by atoms with E-state index in [0.29, 0.717) is 5.78 Å². The van der Waals surface area contributed by atoms with Gasteiger partial charge in [0.1, 0.15) is 5.78 Å². The normalized spacial score (nSPS) is 46.8. The fraction of sp³-hybridized carbons (Fsp3) is 0.727. The Bertz CT molecular complexity index is 242. The lowest BCUT2D eigenvalue weighted by Crippen LogP contribution is -2.32. The molecule has 2 atom stereocenters. The summed E-state index contributed by atoms with van der Waals surface area (Å²) in [5.41, 5.74) is 1.24. The van der Waals surface area contributed by atoms with E-state index in [1.165, 1.54) is 5.57 Å². The predicted octanol–water partition coefficient (Wildman–Crippen LogP) is 2.71. The highest BCUT2D eigenvalue weighted by Crippen LogP contribution is 2.62. The Morgan fingerprint density at radius 1 is 1.25 bits per heavy atom. The highest BCUT2D eigenvalue weighted by atomic mass is 16.1. The Morgan fingerprint density at radius 3 is 2.42 bits per heavy atom. The maximum Gasteiger partial charge on any atom is 0.143 e. The molecule has 66 valence electrons. The Labute approximate surface area is 73.8 Å². The molecule has 2 unspecified atom stereocenters. The number of Topliss-reactive ketones (excluding diaryl/α,β-unsaturated/α-hetero) is 1. The van der Waals surface area contributed by atoms with Crippen LogP contribution in [-0.4, -0.2) is 5.78 Å². The molecule has 0 aromatic rings. The van der Waals surface area contributed by atoms with E-state index in [-0.39, 0.29) is 10.8 Å². The minimum absolute atomic E-state index is 0.174. The summed E-state index contributed by atoms with van der Waals surface area (Å²) < 4.78 is 0. The zero-order valence-corrected chi connectivity index (χ0v) is 7.94. The van der Waals surface area contributed by atoms with Crippen molar-refractivity contribution in [2.75, 3.05) is 0 Å². The maximum atomic E-state index is 11.7. The van der Waals surface area contributed by atoms with Gasteiger partial charge < -0.3 is 0 Å². The molecule has 2 saturated carbocycles. The summed E-state index contributed by atoms with van der Waals surface area (Å²) in [4.78, 5) is 11.7. The van der Waals surface area contributed by atoms with Crippen molar-refractivity contribution in [1.29, 1.82) is 0 Å². The number of hydrogen-bond acceptors (Lipinski definition) is 1. The molecule has 0 saturated heterocycles. The number of rotatable bonds is 0. The van der Waals surface area contributed by atoms with Gasteiger partial charge in [0.25, 0.3) is 0 Å². The standard InChI is InChI=1S/C11H16O/c1-8-4-6-10(2)7-5-9(12)11(8,10)3/h1,4-7H2,2-3H3. The van der Waals surface area contributed by atoms with Crippen LogP contribution in [-0.2, 0) is 4.79 Å². The Balaban J connectivity index is 2.52. The smallest absolute Gasteiger partial charge is 0.143 e. The van der Waals surface area contributed by atoms with Gasteiger partial charge in [-0.3, -0.25) is 4.79 Å². The third-order valence-corrected chi connectivity index (χ3v) is 4.35. The summed E-state index contributed by atoms with van der Waals surface area (Å²) in [6.07, 6.45) is 4.06. The van der Waals surface area contributed by atoms with Crippen LogP contribution in [0, 0.1) is 10.8 Å². The molecule has 0 radical (unpaired) electrons. The quantitative estimate of drug-likeness (QED) is 0.503. The number of fused-ring (bicyclic) bond motifs is 1. The average Bonchev–Trinajstić information content (AvgIpc) is 2.39. The molecule has 12 heavy (non-hydrogen) atoms. The zero-order valence-electron chi connectivity index (χ0n) is 7.94. The van der Waals surface area contributed by atoms with E-state index < -0.39 is 0 Å². The zero-order chi connectivity index (χ0) is 8.98. The van der Waals surface area contributed by atoms with E-state index in [9.17, 15) is 4.79 Å². The van der Waals surface area contributed by atoms with Crippen molar-refractivity contribution in [3.05, 3.63) is 12.2 Å². The molecule has 0 aliphatic heterocycles. The van der Waals surface area contributed by atoms with E-state index in [4.69, 9.17) is 0 Å². The molecule has 0 bridgehead atoms. The second-order valence-corrected chi connectivity index (χ2v) is 4.71. The maximum absolute atomic E-state index is 11.7. The second kappa shape index (κ2) is 2.01. The topological polar surface area (TPSA) is 17.1 Å². The van der Waals surface area contributed by atoms with Gasteiger partial charge in [-0.2, -0.15) is 0 Å². The number of allylic oxidation sites excluding steroid dienone is 1. The van der Waals surface area contributed by atoms with Crippen molar-refractivity contribution in [2.45, 2.75) is 39.5 Å². The summed E-state index contributed by atoms with van der Waals surface area (Å²) in [5.74, 6) is 0.424. The first-order valence-electron chi connectivity index (χ1n) is 4.72. The molecule has 0 heterocycles. The molecule has 2 rings (SSSR count). The van der Waals surface area contributed by atoms with Gasteiger partial charge in [0.2, 0.25) is 0 Å². The number of carbonyl (C=O) groups is 1. The monoisotopic (exact) mass is 164 g/mol. The summed E-state index contributed by atoms with van der Waals surface area (Å²) in [5, 5.41) is 0. The predicted molar refractivity (Wildman–Crippen MR) is 48.8 cm³/mol. The molecule has 0 amide bonds. The molecule has 0 aromatic heterocycles. The molecular weight excluding hydrogens is 148 g/mol. The fourth-order valence-electron chi connectivity index (χ4n) is 2.90. The first-order chi connectivity index (χ1) is 5.51. The molecule has 1 heteroatoms. The number of ketones is 1. The fourth-order valence-corrected chi connectivity index (χ4v) is 2.90. The molecular formula is C11H16O. The molecule has 0 aromatic carbocycles. The van der Waals surface area contributed by atoms with Crippen molar-refractivity contribution in [3.63, 3.8) is 0 Å². The average molecular weight is 164 g/mol. The first kappa shape index (κ1) is 8.03. The molecule has 0 spiro atoms. The van der Waals surface area contributed by atoms with Crippen LogP contribution < -0.4 is 0 Å². The van der Waals surface area contributed by atoms with Gasteiger partial charge in [-0.25, -0.2) is 0 Å². The van der Waals surface area contributed by atoms with Crippen LogP contribution in [0.2, 0.25) is 0 Å². The van der Waals surface area contributed by atoms with E-state index >= 15 is 0 Å². The van der Waals surface area contributed by atoms with Crippen LogP contribution in [0.5, 0.6) is 0 Å². The third-order valence-electron chi connectivity index (χ3n) is 4.35. The lowest BCUT2D eigenvalue weighted by Gasteiger charge is -2.33. The molecule has 2 fully saturated rings. The van der Waals surface area contributed by atoms with Crippen molar-refractivity contribution in [2.24, 2.45) is 10.8 Å². The van der Waals surface area contributed by atoms with Gasteiger partial charge in [-0.15, -0.1) is 0 Å². The van der Waals surface area contributed by atoms with Gasteiger partial charge in [-0.1, -0.05) is 19.1 Å². The highest BCUT2D eigenvalue weighted by Gasteiger charge is 2.58. The molecule has 0 N–H and O–H groups in total. The molecule has 2 aliphatic carbocycles.